The summed E-state index contributed by atoms with van der Waals surface area (Å²) in [5.74, 6) is 1.90. The first-order valence-corrected chi connectivity index (χ1v) is 9.53. The number of Topliss-reactive ketones (excluding diaryl/α,β-unsaturated/α-hetero) is 1. The van der Waals surface area contributed by atoms with E-state index in [1.165, 1.54) is 0 Å². The fraction of sp³-hybridized carbons (Fsp3) is 0.300. The number of aromatic nitrogens is 2. The van der Waals surface area contributed by atoms with Crippen LogP contribution in [0.5, 0.6) is 0 Å². The second-order valence-corrected chi connectivity index (χ2v) is 6.94. The van der Waals surface area contributed by atoms with E-state index in [0.29, 0.717) is 17.4 Å². The van der Waals surface area contributed by atoms with Crippen molar-refractivity contribution < 1.29 is 9.21 Å². The summed E-state index contributed by atoms with van der Waals surface area (Å²) in [7, 11) is 0. The molecule has 0 aliphatic rings. The number of aryl methyl sites for hydroxylation is 1. The Labute approximate surface area is 152 Å². The number of hydrogen-bond donors (Lipinski definition) is 0. The van der Waals surface area contributed by atoms with Gasteiger partial charge in [-0.2, -0.15) is 0 Å². The van der Waals surface area contributed by atoms with Crippen LogP contribution < -0.4 is 0 Å². The topological polar surface area (TPSA) is 48.0 Å². The van der Waals surface area contributed by atoms with Crippen LogP contribution in [0.1, 0.15) is 34.4 Å². The van der Waals surface area contributed by atoms with Crippen molar-refractivity contribution in [2.75, 3.05) is 5.75 Å². The Kier molecular flexibility index (Phi) is 5.43. The third-order valence-corrected chi connectivity index (χ3v) is 5.21. The fourth-order valence-corrected chi connectivity index (χ4v) is 3.77. The second-order valence-electron chi connectivity index (χ2n) is 5.96. The molecule has 0 atom stereocenters. The minimum Gasteiger partial charge on any atom is -0.444 e. The van der Waals surface area contributed by atoms with Crippen LogP contribution in [0.2, 0.25) is 0 Å². The first-order valence-electron chi connectivity index (χ1n) is 8.37. The molecule has 1 aromatic carbocycles. The molecule has 4 nitrogen and oxygen atoms in total. The van der Waals surface area contributed by atoms with Crippen LogP contribution in [0, 0.1) is 13.8 Å². The molecule has 0 N–H and O–H groups in total. The van der Waals surface area contributed by atoms with Gasteiger partial charge in [-0.05, 0) is 39.0 Å². The predicted octanol–water partition coefficient (Wildman–Crippen LogP) is 4.90. The van der Waals surface area contributed by atoms with Crippen molar-refractivity contribution in [1.29, 1.82) is 0 Å². The van der Waals surface area contributed by atoms with Gasteiger partial charge in [0, 0.05) is 34.8 Å². The average molecular weight is 354 g/mol. The number of ketones is 1. The molecule has 0 aliphatic carbocycles. The molecule has 0 saturated heterocycles. The zero-order valence-electron chi connectivity index (χ0n) is 14.8. The Hall–Kier alpha value is -2.27. The van der Waals surface area contributed by atoms with Gasteiger partial charge in [-0.15, -0.1) is 11.8 Å². The first-order chi connectivity index (χ1) is 12.1. The first kappa shape index (κ1) is 17.5. The summed E-state index contributed by atoms with van der Waals surface area (Å²) in [4.78, 5) is 17.0. The minimum atomic E-state index is 0.171. The molecule has 0 unspecified atom stereocenters. The van der Waals surface area contributed by atoms with Crippen LogP contribution in [-0.4, -0.2) is 21.1 Å². The van der Waals surface area contributed by atoms with Crippen molar-refractivity contribution in [2.45, 2.75) is 33.1 Å². The Morgan fingerprint density at radius 3 is 2.68 bits per heavy atom. The van der Waals surface area contributed by atoms with Gasteiger partial charge in [-0.25, -0.2) is 4.98 Å². The average Bonchev–Trinajstić information content (AvgIpc) is 3.20. The van der Waals surface area contributed by atoms with E-state index in [0.717, 1.165) is 34.8 Å². The van der Waals surface area contributed by atoms with E-state index in [-0.39, 0.29) is 5.78 Å². The Balaban J connectivity index is 1.58. The summed E-state index contributed by atoms with van der Waals surface area (Å²) >= 11 is 1.57. The van der Waals surface area contributed by atoms with E-state index >= 15 is 0 Å². The highest BCUT2D eigenvalue weighted by atomic mass is 32.2. The number of oxazole rings is 1. The highest BCUT2D eigenvalue weighted by Gasteiger charge is 2.15. The summed E-state index contributed by atoms with van der Waals surface area (Å²) in [5, 5.41) is 0. The molecule has 130 valence electrons. The van der Waals surface area contributed by atoms with Crippen LogP contribution in [0.15, 0.2) is 47.1 Å². The SMILES string of the molecule is CCn1c(C)cc(C(=O)CSCc2coc(-c3ccccc3)n2)c1C. The van der Waals surface area contributed by atoms with Gasteiger partial charge < -0.3 is 8.98 Å². The molecule has 0 saturated carbocycles. The van der Waals surface area contributed by atoms with Crippen molar-refractivity contribution in [2.24, 2.45) is 0 Å². The summed E-state index contributed by atoms with van der Waals surface area (Å²) in [6.07, 6.45) is 1.67. The maximum absolute atomic E-state index is 12.5. The molecule has 0 spiro atoms. The van der Waals surface area contributed by atoms with Gasteiger partial charge in [0.15, 0.2) is 5.78 Å². The number of thioether (sulfide) groups is 1. The van der Waals surface area contributed by atoms with E-state index in [2.05, 4.69) is 16.5 Å². The molecular weight excluding hydrogens is 332 g/mol. The Morgan fingerprint density at radius 2 is 2.00 bits per heavy atom. The summed E-state index contributed by atoms with van der Waals surface area (Å²) in [6.45, 7) is 7.04. The zero-order chi connectivity index (χ0) is 17.8. The molecule has 0 bridgehead atoms. The summed E-state index contributed by atoms with van der Waals surface area (Å²) < 4.78 is 7.70. The van der Waals surface area contributed by atoms with Gasteiger partial charge in [0.1, 0.15) is 6.26 Å². The molecule has 0 aliphatic heterocycles. The lowest BCUT2D eigenvalue weighted by Gasteiger charge is -2.05. The predicted molar refractivity (Wildman–Crippen MR) is 102 cm³/mol. The molecule has 0 fully saturated rings. The van der Waals surface area contributed by atoms with Crippen LogP contribution in [0.25, 0.3) is 11.5 Å². The quantitative estimate of drug-likeness (QED) is 0.567. The third kappa shape index (κ3) is 3.87. The number of rotatable bonds is 7. The van der Waals surface area contributed by atoms with Gasteiger partial charge in [0.05, 0.1) is 11.4 Å². The van der Waals surface area contributed by atoms with Gasteiger partial charge in [0.25, 0.3) is 0 Å². The normalized spacial score (nSPS) is 11.0. The monoisotopic (exact) mass is 354 g/mol. The number of carbonyl (C=O) groups is 1. The van der Waals surface area contributed by atoms with Crippen molar-refractivity contribution in [3.63, 3.8) is 0 Å². The lowest BCUT2D eigenvalue weighted by molar-refractivity contribution is 0.102. The van der Waals surface area contributed by atoms with Crippen molar-refractivity contribution >= 4 is 17.5 Å². The van der Waals surface area contributed by atoms with Crippen molar-refractivity contribution in [3.8, 4) is 11.5 Å². The van der Waals surface area contributed by atoms with Crippen LogP contribution >= 0.6 is 11.8 Å². The van der Waals surface area contributed by atoms with Crippen LogP contribution in [0.3, 0.4) is 0 Å². The number of carbonyl (C=O) groups excluding carboxylic acids is 1. The van der Waals surface area contributed by atoms with Crippen molar-refractivity contribution in [3.05, 3.63) is 65.3 Å². The Morgan fingerprint density at radius 1 is 1.24 bits per heavy atom. The van der Waals surface area contributed by atoms with Gasteiger partial charge in [-0.1, -0.05) is 18.2 Å². The van der Waals surface area contributed by atoms with Crippen LogP contribution in [0.4, 0.5) is 0 Å². The third-order valence-electron chi connectivity index (χ3n) is 4.25. The van der Waals surface area contributed by atoms with E-state index < -0.39 is 0 Å². The second kappa shape index (κ2) is 7.74. The van der Waals surface area contributed by atoms with E-state index in [1.807, 2.05) is 50.2 Å². The summed E-state index contributed by atoms with van der Waals surface area (Å²) in [6, 6.07) is 11.8. The molecule has 0 amide bonds. The number of benzene rings is 1. The van der Waals surface area contributed by atoms with Gasteiger partial charge in [0.2, 0.25) is 5.89 Å². The number of hydrogen-bond acceptors (Lipinski definition) is 4. The highest BCUT2D eigenvalue weighted by molar-refractivity contribution is 7.99. The maximum atomic E-state index is 12.5. The molecule has 2 heterocycles. The van der Waals surface area contributed by atoms with Gasteiger partial charge >= 0.3 is 0 Å². The lowest BCUT2D eigenvalue weighted by atomic mass is 10.2. The maximum Gasteiger partial charge on any atom is 0.226 e. The molecule has 3 aromatic rings. The Bertz CT molecular complexity index is 865. The lowest BCUT2D eigenvalue weighted by Crippen LogP contribution is -2.06. The molecule has 0 radical (unpaired) electrons. The molecule has 3 rings (SSSR count). The number of nitrogens with zero attached hydrogens (tertiary/aromatic N) is 2. The smallest absolute Gasteiger partial charge is 0.226 e. The molecular formula is C20H22N2O2S. The molecule has 25 heavy (non-hydrogen) atoms. The van der Waals surface area contributed by atoms with Gasteiger partial charge in [-0.3, -0.25) is 4.79 Å². The standard InChI is InChI=1S/C20H22N2O2S/c1-4-22-14(2)10-18(15(22)3)19(23)13-25-12-17-11-24-20(21-17)16-8-6-5-7-9-16/h5-11H,4,12-13H2,1-3H3. The zero-order valence-corrected chi connectivity index (χ0v) is 15.6. The fourth-order valence-electron chi connectivity index (χ4n) is 2.98. The molecule has 5 heteroatoms. The minimum absolute atomic E-state index is 0.171. The van der Waals surface area contributed by atoms with E-state index in [4.69, 9.17) is 4.42 Å². The van der Waals surface area contributed by atoms with E-state index in [9.17, 15) is 4.79 Å². The summed E-state index contributed by atoms with van der Waals surface area (Å²) in [5.41, 5.74) is 4.84. The van der Waals surface area contributed by atoms with Crippen LogP contribution in [-0.2, 0) is 12.3 Å². The molecule has 2 aromatic heterocycles. The highest BCUT2D eigenvalue weighted by Crippen LogP contribution is 2.22. The van der Waals surface area contributed by atoms with Crippen molar-refractivity contribution in [1.82, 2.24) is 9.55 Å². The van der Waals surface area contributed by atoms with E-state index in [1.54, 1.807) is 18.0 Å². The largest absolute Gasteiger partial charge is 0.444 e.